The van der Waals surface area contributed by atoms with Gasteiger partial charge in [0.25, 0.3) is 0 Å². The van der Waals surface area contributed by atoms with Gasteiger partial charge in [-0.05, 0) is 61.2 Å². The van der Waals surface area contributed by atoms with Crippen molar-refractivity contribution >= 4 is 0 Å². The molecule has 0 radical (unpaired) electrons. The third-order valence-corrected chi connectivity index (χ3v) is 6.32. The molecule has 0 amide bonds. The van der Waals surface area contributed by atoms with Gasteiger partial charge in [0.2, 0.25) is 0 Å². The average molecular weight is 238 g/mol. The molecule has 3 aliphatic rings. The fourth-order valence-electron chi connectivity index (χ4n) is 5.10. The van der Waals surface area contributed by atoms with Crippen molar-refractivity contribution in [3.05, 3.63) is 0 Å². The molecule has 98 valence electrons. The fourth-order valence-corrected chi connectivity index (χ4v) is 5.10. The van der Waals surface area contributed by atoms with E-state index < -0.39 is 5.60 Å². The molecular weight excluding hydrogens is 212 g/mol. The predicted molar refractivity (Wildman–Crippen MR) is 67.5 cm³/mol. The van der Waals surface area contributed by atoms with E-state index in [0.717, 1.165) is 25.7 Å². The highest BCUT2D eigenvalue weighted by atomic mass is 16.3. The van der Waals surface area contributed by atoms with E-state index in [1.54, 1.807) is 0 Å². The maximum atomic E-state index is 11.0. The lowest BCUT2D eigenvalue weighted by Crippen LogP contribution is -2.57. The maximum absolute atomic E-state index is 11.0. The lowest BCUT2D eigenvalue weighted by Gasteiger charge is -2.58. The van der Waals surface area contributed by atoms with E-state index in [0.29, 0.717) is 17.3 Å². The summed E-state index contributed by atoms with van der Waals surface area (Å²) in [5.41, 5.74) is -0.121. The topological polar surface area (TPSA) is 40.5 Å². The molecule has 2 N–H and O–H groups in total. The second-order valence-corrected chi connectivity index (χ2v) is 7.93. The quantitative estimate of drug-likeness (QED) is 0.681. The summed E-state index contributed by atoms with van der Waals surface area (Å²) in [5.74, 6) is 1.16. The van der Waals surface area contributed by atoms with Crippen LogP contribution in [0.2, 0.25) is 0 Å². The molecule has 0 saturated heterocycles. The van der Waals surface area contributed by atoms with Crippen LogP contribution >= 0.6 is 0 Å². The van der Waals surface area contributed by atoms with Crippen LogP contribution in [0.4, 0.5) is 0 Å². The van der Waals surface area contributed by atoms with Crippen LogP contribution in [-0.4, -0.2) is 21.9 Å². The summed E-state index contributed by atoms with van der Waals surface area (Å²) in [6.07, 6.45) is 5.65. The van der Waals surface area contributed by atoms with Crippen LogP contribution in [0, 0.1) is 22.7 Å². The van der Waals surface area contributed by atoms with Gasteiger partial charge in [0.1, 0.15) is 0 Å². The largest absolute Gasteiger partial charge is 0.393 e. The number of hydrogen-bond donors (Lipinski definition) is 2. The summed E-state index contributed by atoms with van der Waals surface area (Å²) in [6.45, 7) is 6.86. The minimum atomic E-state index is -0.481. The van der Waals surface area contributed by atoms with Crippen LogP contribution in [0.15, 0.2) is 0 Å². The molecule has 3 rings (SSSR count). The van der Waals surface area contributed by atoms with Crippen molar-refractivity contribution < 1.29 is 10.2 Å². The van der Waals surface area contributed by atoms with Gasteiger partial charge in [0.05, 0.1) is 11.7 Å². The minimum Gasteiger partial charge on any atom is -0.393 e. The van der Waals surface area contributed by atoms with Gasteiger partial charge >= 0.3 is 0 Å². The summed E-state index contributed by atoms with van der Waals surface area (Å²) in [4.78, 5) is 0. The van der Waals surface area contributed by atoms with Crippen LogP contribution < -0.4 is 0 Å². The number of fused-ring (bicyclic) bond motifs is 4. The molecule has 3 aliphatic carbocycles. The smallest absolute Gasteiger partial charge is 0.0686 e. The SMILES string of the molecule is CC1(C)CC2C1CC[C@@]1(C)C[C@]2(O)CC[C@@H]1O. The van der Waals surface area contributed by atoms with Gasteiger partial charge < -0.3 is 10.2 Å². The predicted octanol–water partition coefficient (Wildman–Crippen LogP) is 2.72. The average Bonchev–Trinajstić information content (AvgIpc) is 2.28. The number of rotatable bonds is 0. The van der Waals surface area contributed by atoms with Crippen molar-refractivity contribution in [2.45, 2.75) is 71.0 Å². The first-order valence-electron chi connectivity index (χ1n) is 7.17. The molecule has 2 bridgehead atoms. The number of hydrogen-bond acceptors (Lipinski definition) is 2. The molecule has 0 aromatic carbocycles. The van der Waals surface area contributed by atoms with Gasteiger partial charge in [-0.25, -0.2) is 0 Å². The minimum absolute atomic E-state index is 0.0413. The van der Waals surface area contributed by atoms with Crippen LogP contribution in [0.25, 0.3) is 0 Å². The van der Waals surface area contributed by atoms with Crippen LogP contribution in [-0.2, 0) is 0 Å². The fraction of sp³-hybridized carbons (Fsp3) is 1.00. The molecule has 0 aromatic rings. The highest BCUT2D eigenvalue weighted by Crippen LogP contribution is 2.64. The lowest BCUT2D eigenvalue weighted by atomic mass is 9.49. The Balaban J connectivity index is 1.93. The summed E-state index contributed by atoms with van der Waals surface area (Å²) in [7, 11) is 0. The van der Waals surface area contributed by atoms with Crippen LogP contribution in [0.3, 0.4) is 0 Å². The Morgan fingerprint density at radius 3 is 2.35 bits per heavy atom. The Labute approximate surface area is 104 Å². The van der Waals surface area contributed by atoms with Gasteiger partial charge in [-0.2, -0.15) is 0 Å². The zero-order valence-corrected chi connectivity index (χ0v) is 11.4. The Morgan fingerprint density at radius 1 is 1.00 bits per heavy atom. The van der Waals surface area contributed by atoms with Crippen molar-refractivity contribution in [2.75, 3.05) is 0 Å². The highest BCUT2D eigenvalue weighted by molar-refractivity contribution is 5.12. The monoisotopic (exact) mass is 238 g/mol. The van der Waals surface area contributed by atoms with E-state index in [-0.39, 0.29) is 11.5 Å². The Bertz CT molecular complexity index is 338. The highest BCUT2D eigenvalue weighted by Gasteiger charge is 2.61. The first-order valence-corrected chi connectivity index (χ1v) is 7.17. The van der Waals surface area contributed by atoms with E-state index in [1.807, 2.05) is 0 Å². The maximum Gasteiger partial charge on any atom is 0.0686 e. The molecule has 2 nitrogen and oxygen atoms in total. The molecule has 0 aliphatic heterocycles. The van der Waals surface area contributed by atoms with Crippen LogP contribution in [0.1, 0.15) is 59.3 Å². The Kier molecular flexibility index (Phi) is 2.30. The second kappa shape index (κ2) is 3.27. The van der Waals surface area contributed by atoms with Gasteiger partial charge in [0, 0.05) is 0 Å². The van der Waals surface area contributed by atoms with E-state index in [2.05, 4.69) is 20.8 Å². The van der Waals surface area contributed by atoms with Gasteiger partial charge in [-0.3, -0.25) is 0 Å². The lowest BCUT2D eigenvalue weighted by molar-refractivity contribution is -0.176. The van der Waals surface area contributed by atoms with E-state index >= 15 is 0 Å². The summed E-state index contributed by atoms with van der Waals surface area (Å²) in [5, 5.41) is 21.2. The van der Waals surface area contributed by atoms with Crippen molar-refractivity contribution in [1.29, 1.82) is 0 Å². The molecule has 3 fully saturated rings. The first-order chi connectivity index (χ1) is 7.77. The molecular formula is C15H26O2. The molecule has 2 unspecified atom stereocenters. The van der Waals surface area contributed by atoms with Crippen molar-refractivity contribution in [3.63, 3.8) is 0 Å². The van der Waals surface area contributed by atoms with Gasteiger partial charge in [0.15, 0.2) is 0 Å². The van der Waals surface area contributed by atoms with Crippen molar-refractivity contribution in [2.24, 2.45) is 22.7 Å². The Morgan fingerprint density at radius 2 is 1.71 bits per heavy atom. The zero-order chi connectivity index (χ0) is 12.5. The standard InChI is InChI=1S/C15H26O2/c1-13(2)8-11-10(13)4-6-14(3)9-15(11,17)7-5-12(14)16/h10-12,16-17H,4-9H2,1-3H3/t10?,11?,12-,14-,15+/m0/s1. The molecule has 0 aromatic heterocycles. The molecule has 5 atom stereocenters. The molecule has 17 heavy (non-hydrogen) atoms. The van der Waals surface area contributed by atoms with E-state index in [1.165, 1.54) is 12.8 Å². The third-order valence-electron chi connectivity index (χ3n) is 6.32. The Hall–Kier alpha value is -0.0800. The van der Waals surface area contributed by atoms with Gasteiger partial charge in [-0.1, -0.05) is 20.8 Å². The van der Waals surface area contributed by atoms with E-state index in [9.17, 15) is 10.2 Å². The van der Waals surface area contributed by atoms with Crippen molar-refractivity contribution in [3.8, 4) is 0 Å². The molecule has 3 saturated carbocycles. The third kappa shape index (κ3) is 1.53. The molecule has 0 heterocycles. The van der Waals surface area contributed by atoms with E-state index in [4.69, 9.17) is 0 Å². The summed E-state index contributed by atoms with van der Waals surface area (Å²) >= 11 is 0. The normalized spacial score (nSPS) is 56.6. The van der Waals surface area contributed by atoms with Gasteiger partial charge in [-0.15, -0.1) is 0 Å². The van der Waals surface area contributed by atoms with Crippen LogP contribution in [0.5, 0.6) is 0 Å². The summed E-state index contributed by atoms with van der Waals surface area (Å²) in [6, 6.07) is 0. The molecule has 0 spiro atoms. The summed E-state index contributed by atoms with van der Waals surface area (Å²) < 4.78 is 0. The number of aliphatic hydroxyl groups is 2. The molecule has 2 heteroatoms. The first kappa shape index (κ1) is 12.0. The number of aliphatic hydroxyl groups excluding tert-OH is 1. The van der Waals surface area contributed by atoms with Crippen molar-refractivity contribution in [1.82, 2.24) is 0 Å². The second-order valence-electron chi connectivity index (χ2n) is 7.93. The zero-order valence-electron chi connectivity index (χ0n) is 11.4.